The number of hydrogen-bond donors (Lipinski definition) is 0. The van der Waals surface area contributed by atoms with Crippen molar-refractivity contribution in [2.45, 2.75) is 6.04 Å². The first-order valence-electron chi connectivity index (χ1n) is 9.94. The van der Waals surface area contributed by atoms with Gasteiger partial charge in [0, 0.05) is 0 Å². The Morgan fingerprint density at radius 2 is 1.34 bits per heavy atom. The first kappa shape index (κ1) is 18.1. The molecule has 1 aliphatic carbocycles. The minimum absolute atomic E-state index is 0.0844. The zero-order valence-corrected chi connectivity index (χ0v) is 17.0. The molecule has 29 heavy (non-hydrogen) atoms. The molecule has 2 unspecified atom stereocenters. The van der Waals surface area contributed by atoms with Crippen LogP contribution in [-0.4, -0.2) is 12.5 Å². The van der Waals surface area contributed by atoms with Crippen LogP contribution in [0.4, 0.5) is 0 Å². The fourth-order valence-electron chi connectivity index (χ4n) is 3.90. The number of ether oxygens (including phenoxy) is 1. The maximum absolute atomic E-state index is 6.12. The highest BCUT2D eigenvalue weighted by Gasteiger charge is 2.33. The molecule has 3 aromatic rings. The Hall–Kier alpha value is -2.96. The summed E-state index contributed by atoms with van der Waals surface area (Å²) in [6.45, 7) is 0.617. The van der Waals surface area contributed by atoms with Crippen LogP contribution in [0.3, 0.4) is 0 Å². The first-order valence-corrected chi connectivity index (χ1v) is 11.3. The average molecular weight is 395 g/mol. The third kappa shape index (κ3) is 3.69. The number of allylic oxidation sites excluding steroid dienone is 2. The van der Waals surface area contributed by atoms with Crippen molar-refractivity contribution >= 4 is 24.4 Å². The molecule has 0 radical (unpaired) electrons. The molecule has 5 rings (SSSR count). The van der Waals surface area contributed by atoms with E-state index >= 15 is 0 Å². The zero-order valence-electron chi connectivity index (χ0n) is 16.1. The lowest BCUT2D eigenvalue weighted by Gasteiger charge is -2.24. The highest BCUT2D eigenvalue weighted by Crippen LogP contribution is 2.50. The van der Waals surface area contributed by atoms with E-state index in [1.807, 2.05) is 6.07 Å². The summed E-state index contributed by atoms with van der Waals surface area (Å²) in [5.41, 5.74) is 1.21. The molecule has 0 saturated heterocycles. The van der Waals surface area contributed by atoms with Crippen LogP contribution in [0, 0.1) is 5.92 Å². The predicted molar refractivity (Wildman–Crippen MR) is 122 cm³/mol. The largest absolute Gasteiger partial charge is 0.478 e. The molecule has 0 N–H and O–H groups in total. The standard InChI is InChI=1S/C26H22NOP/c1-4-11-20(12-5-1)24-19-28-26(27-24)23-17-10-18-25(23)29(21-13-6-2-7-14-21)22-15-8-3-9-16-22/h1-18,23-24H,19H2. The van der Waals surface area contributed by atoms with Crippen LogP contribution in [0.15, 0.2) is 120 Å². The van der Waals surface area contributed by atoms with Gasteiger partial charge >= 0.3 is 0 Å². The predicted octanol–water partition coefficient (Wildman–Crippen LogP) is 5.36. The normalized spacial score (nSPS) is 20.4. The molecular formula is C26H22NOP. The fraction of sp³-hybridized carbons (Fsp3) is 0.115. The fourth-order valence-corrected chi connectivity index (χ4v) is 6.44. The lowest BCUT2D eigenvalue weighted by atomic mass is 10.1. The van der Waals surface area contributed by atoms with E-state index in [1.54, 1.807) is 0 Å². The highest BCUT2D eigenvalue weighted by atomic mass is 31.1. The van der Waals surface area contributed by atoms with Crippen LogP contribution in [-0.2, 0) is 4.74 Å². The van der Waals surface area contributed by atoms with Gasteiger partial charge in [-0.3, -0.25) is 0 Å². The Balaban J connectivity index is 1.49. The molecule has 2 atom stereocenters. The van der Waals surface area contributed by atoms with Gasteiger partial charge in [0.2, 0.25) is 0 Å². The molecule has 2 nitrogen and oxygen atoms in total. The molecule has 0 fully saturated rings. The van der Waals surface area contributed by atoms with Crippen molar-refractivity contribution in [2.24, 2.45) is 10.9 Å². The van der Waals surface area contributed by atoms with Gasteiger partial charge in [0.1, 0.15) is 12.6 Å². The second-order valence-electron chi connectivity index (χ2n) is 7.17. The van der Waals surface area contributed by atoms with E-state index in [-0.39, 0.29) is 12.0 Å². The summed E-state index contributed by atoms with van der Waals surface area (Å²) in [6, 6.07) is 32.1. The van der Waals surface area contributed by atoms with Crippen LogP contribution >= 0.6 is 7.92 Å². The van der Waals surface area contributed by atoms with E-state index in [1.165, 1.54) is 21.5 Å². The molecule has 1 heterocycles. The van der Waals surface area contributed by atoms with Crippen LogP contribution in [0.5, 0.6) is 0 Å². The van der Waals surface area contributed by atoms with Gasteiger partial charge in [-0.25, -0.2) is 4.99 Å². The SMILES string of the molecule is C1=CC(C2=NC(c3ccccc3)CO2)C(P(c2ccccc2)c2ccccc2)=C1. The molecule has 3 heteroatoms. The molecule has 3 aromatic carbocycles. The minimum Gasteiger partial charge on any atom is -0.478 e. The Morgan fingerprint density at radius 3 is 1.97 bits per heavy atom. The summed E-state index contributed by atoms with van der Waals surface area (Å²) >= 11 is 0. The van der Waals surface area contributed by atoms with Gasteiger partial charge in [-0.05, 0) is 29.4 Å². The Bertz CT molecular complexity index is 1020. The molecule has 0 aromatic heterocycles. The topological polar surface area (TPSA) is 21.6 Å². The molecule has 1 aliphatic heterocycles. The molecular weight excluding hydrogens is 373 g/mol. The van der Waals surface area contributed by atoms with Gasteiger partial charge in [-0.1, -0.05) is 109 Å². The van der Waals surface area contributed by atoms with E-state index in [2.05, 4.69) is 103 Å². The van der Waals surface area contributed by atoms with E-state index < -0.39 is 7.92 Å². The van der Waals surface area contributed by atoms with Gasteiger partial charge in [0.15, 0.2) is 5.90 Å². The number of aliphatic imine (C=N–C) groups is 1. The van der Waals surface area contributed by atoms with Crippen LogP contribution in [0.1, 0.15) is 11.6 Å². The third-order valence-electron chi connectivity index (χ3n) is 5.30. The lowest BCUT2D eigenvalue weighted by Crippen LogP contribution is -2.20. The van der Waals surface area contributed by atoms with Gasteiger partial charge in [-0.15, -0.1) is 0 Å². The summed E-state index contributed by atoms with van der Waals surface area (Å²) in [5, 5.41) is 4.09. The summed E-state index contributed by atoms with van der Waals surface area (Å²) in [7, 11) is -0.638. The Morgan fingerprint density at radius 1 is 0.759 bits per heavy atom. The molecule has 0 bridgehead atoms. The minimum atomic E-state index is -0.638. The van der Waals surface area contributed by atoms with E-state index in [4.69, 9.17) is 9.73 Å². The smallest absolute Gasteiger partial charge is 0.195 e. The van der Waals surface area contributed by atoms with Crippen LogP contribution in [0.2, 0.25) is 0 Å². The van der Waals surface area contributed by atoms with Crippen molar-refractivity contribution in [3.8, 4) is 0 Å². The second kappa shape index (κ2) is 8.19. The van der Waals surface area contributed by atoms with Gasteiger partial charge in [-0.2, -0.15) is 0 Å². The number of benzene rings is 3. The summed E-state index contributed by atoms with van der Waals surface area (Å²) in [5.74, 6) is 0.952. The van der Waals surface area contributed by atoms with Crippen molar-refractivity contribution in [3.05, 3.63) is 120 Å². The summed E-state index contributed by atoms with van der Waals surface area (Å²) in [6.07, 6.45) is 6.64. The first-order chi connectivity index (χ1) is 14.4. The van der Waals surface area contributed by atoms with Crippen LogP contribution < -0.4 is 10.6 Å². The monoisotopic (exact) mass is 395 g/mol. The summed E-state index contributed by atoms with van der Waals surface area (Å²) in [4.78, 5) is 4.97. The van der Waals surface area contributed by atoms with Crippen molar-refractivity contribution in [1.29, 1.82) is 0 Å². The average Bonchev–Trinajstić information content (AvgIpc) is 3.46. The second-order valence-corrected chi connectivity index (χ2v) is 9.39. The van der Waals surface area contributed by atoms with Crippen molar-refractivity contribution in [3.63, 3.8) is 0 Å². The van der Waals surface area contributed by atoms with E-state index in [0.29, 0.717) is 6.61 Å². The van der Waals surface area contributed by atoms with E-state index in [0.717, 1.165) is 5.90 Å². The Labute approximate surface area is 173 Å². The quantitative estimate of drug-likeness (QED) is 0.533. The zero-order chi connectivity index (χ0) is 19.5. The highest BCUT2D eigenvalue weighted by molar-refractivity contribution is 7.76. The lowest BCUT2D eigenvalue weighted by molar-refractivity contribution is 0.309. The molecule has 0 amide bonds. The number of hydrogen-bond acceptors (Lipinski definition) is 2. The van der Waals surface area contributed by atoms with Gasteiger partial charge in [0.05, 0.1) is 5.92 Å². The third-order valence-corrected chi connectivity index (χ3v) is 7.87. The van der Waals surface area contributed by atoms with Crippen molar-refractivity contribution in [1.82, 2.24) is 0 Å². The number of rotatable bonds is 5. The summed E-state index contributed by atoms with van der Waals surface area (Å²) < 4.78 is 6.12. The Kier molecular flexibility index (Phi) is 5.11. The molecule has 0 saturated carbocycles. The van der Waals surface area contributed by atoms with Gasteiger partial charge < -0.3 is 4.74 Å². The van der Waals surface area contributed by atoms with Crippen molar-refractivity contribution < 1.29 is 4.74 Å². The molecule has 142 valence electrons. The van der Waals surface area contributed by atoms with E-state index in [9.17, 15) is 0 Å². The molecule has 0 spiro atoms. The van der Waals surface area contributed by atoms with Crippen molar-refractivity contribution in [2.75, 3.05) is 6.61 Å². The maximum Gasteiger partial charge on any atom is 0.195 e. The molecule has 2 aliphatic rings. The van der Waals surface area contributed by atoms with Gasteiger partial charge in [0.25, 0.3) is 0 Å². The maximum atomic E-state index is 6.12. The van der Waals surface area contributed by atoms with Crippen LogP contribution in [0.25, 0.3) is 0 Å². The number of nitrogens with zero attached hydrogens (tertiary/aromatic N) is 1.